The summed E-state index contributed by atoms with van der Waals surface area (Å²) < 4.78 is 5.00. The minimum absolute atomic E-state index is 0.111. The number of rotatable bonds is 3. The van der Waals surface area contributed by atoms with Gasteiger partial charge in [-0.15, -0.1) is 0 Å². The molecule has 17 heavy (non-hydrogen) atoms. The zero-order valence-corrected chi connectivity index (χ0v) is 9.47. The molecule has 0 amide bonds. The van der Waals surface area contributed by atoms with Crippen LogP contribution in [0.3, 0.4) is 0 Å². The maximum atomic E-state index is 9.42. The van der Waals surface area contributed by atoms with Crippen molar-refractivity contribution in [1.29, 1.82) is 0 Å². The van der Waals surface area contributed by atoms with Gasteiger partial charge in [-0.25, -0.2) is 10.4 Å². The minimum Gasteiger partial charge on any atom is -0.504 e. The second kappa shape index (κ2) is 5.20. The molecule has 0 atom stereocenters. The second-order valence-electron chi connectivity index (χ2n) is 3.46. The van der Waals surface area contributed by atoms with E-state index < -0.39 is 0 Å². The number of guanidine groups is 1. The van der Waals surface area contributed by atoms with Gasteiger partial charge in [0, 0.05) is 6.54 Å². The van der Waals surface area contributed by atoms with Crippen molar-refractivity contribution in [2.24, 2.45) is 10.1 Å². The summed E-state index contributed by atoms with van der Waals surface area (Å²) in [5.74, 6) is 1.21. The number of aliphatic imine (C=N–C) groups is 1. The molecule has 1 aliphatic heterocycles. The maximum Gasteiger partial charge on any atom is 0.212 e. The van der Waals surface area contributed by atoms with Gasteiger partial charge in [0.15, 0.2) is 11.5 Å². The standard InChI is InChI=1S/C11H14N4O2/c1-17-10-6-8(2-3-9(10)16)7-14-15-11-12-4-5-13-11/h2-3,6-7,16H,4-5H2,1H3,(H2,12,13,15)/b14-7-. The molecule has 0 aliphatic carbocycles. The Morgan fingerprint density at radius 1 is 1.59 bits per heavy atom. The summed E-state index contributed by atoms with van der Waals surface area (Å²) in [6, 6.07) is 5.00. The second-order valence-corrected chi connectivity index (χ2v) is 3.46. The van der Waals surface area contributed by atoms with Crippen molar-refractivity contribution < 1.29 is 9.84 Å². The van der Waals surface area contributed by atoms with E-state index in [2.05, 4.69) is 20.8 Å². The van der Waals surface area contributed by atoms with Gasteiger partial charge in [-0.05, 0) is 23.8 Å². The zero-order valence-electron chi connectivity index (χ0n) is 9.47. The number of benzene rings is 1. The summed E-state index contributed by atoms with van der Waals surface area (Å²) in [5, 5.41) is 16.5. The Hall–Kier alpha value is -2.24. The van der Waals surface area contributed by atoms with Crippen LogP contribution in [0.1, 0.15) is 5.56 Å². The molecule has 0 radical (unpaired) electrons. The van der Waals surface area contributed by atoms with Gasteiger partial charge in [0.05, 0.1) is 19.9 Å². The molecule has 1 aromatic carbocycles. The van der Waals surface area contributed by atoms with Crippen molar-refractivity contribution in [2.75, 3.05) is 20.2 Å². The largest absolute Gasteiger partial charge is 0.504 e. The first-order valence-electron chi connectivity index (χ1n) is 5.24. The first kappa shape index (κ1) is 11.3. The van der Waals surface area contributed by atoms with E-state index in [9.17, 15) is 5.11 Å². The predicted octanol–water partition coefficient (Wildman–Crippen LogP) is 0.283. The molecular weight excluding hydrogens is 220 g/mol. The van der Waals surface area contributed by atoms with E-state index in [1.165, 1.54) is 7.11 Å². The highest BCUT2D eigenvalue weighted by atomic mass is 16.5. The molecule has 6 heteroatoms. The maximum absolute atomic E-state index is 9.42. The molecule has 90 valence electrons. The fourth-order valence-corrected chi connectivity index (χ4v) is 1.42. The SMILES string of the molecule is COc1cc(/C=N\NC2=NCCN2)ccc1O. The van der Waals surface area contributed by atoms with Crippen LogP contribution < -0.4 is 15.5 Å². The summed E-state index contributed by atoms with van der Waals surface area (Å²) in [7, 11) is 1.51. The van der Waals surface area contributed by atoms with Crippen LogP contribution in [0, 0.1) is 0 Å². The van der Waals surface area contributed by atoms with Gasteiger partial charge in [-0.2, -0.15) is 5.10 Å². The molecule has 1 aromatic rings. The van der Waals surface area contributed by atoms with Gasteiger partial charge in [-0.3, -0.25) is 0 Å². The molecule has 0 fully saturated rings. The molecular formula is C11H14N4O2. The average molecular weight is 234 g/mol. The van der Waals surface area contributed by atoms with Gasteiger partial charge < -0.3 is 15.2 Å². The number of phenols is 1. The highest BCUT2D eigenvalue weighted by molar-refractivity contribution is 5.85. The van der Waals surface area contributed by atoms with E-state index in [0.717, 1.165) is 18.7 Å². The summed E-state index contributed by atoms with van der Waals surface area (Å²) in [4.78, 5) is 4.13. The lowest BCUT2D eigenvalue weighted by molar-refractivity contribution is 0.373. The van der Waals surface area contributed by atoms with Crippen LogP contribution in [-0.2, 0) is 0 Å². The Morgan fingerprint density at radius 2 is 2.47 bits per heavy atom. The first-order chi connectivity index (χ1) is 8.29. The quantitative estimate of drug-likeness (QED) is 0.518. The van der Waals surface area contributed by atoms with Gasteiger partial charge in [0.1, 0.15) is 0 Å². The van der Waals surface area contributed by atoms with Crippen molar-refractivity contribution in [3.05, 3.63) is 23.8 Å². The van der Waals surface area contributed by atoms with Crippen LogP contribution >= 0.6 is 0 Å². The Bertz CT molecular complexity index is 457. The van der Waals surface area contributed by atoms with Gasteiger partial charge >= 0.3 is 0 Å². The van der Waals surface area contributed by atoms with Gasteiger partial charge in [-0.1, -0.05) is 0 Å². The van der Waals surface area contributed by atoms with Crippen LogP contribution in [-0.4, -0.2) is 37.5 Å². The van der Waals surface area contributed by atoms with Crippen molar-refractivity contribution in [3.8, 4) is 11.5 Å². The van der Waals surface area contributed by atoms with E-state index in [-0.39, 0.29) is 5.75 Å². The number of nitrogens with zero attached hydrogens (tertiary/aromatic N) is 2. The number of phenolic OH excluding ortho intramolecular Hbond substituents is 1. The Labute approximate surface area is 99.0 Å². The van der Waals surface area contributed by atoms with Crippen molar-refractivity contribution in [3.63, 3.8) is 0 Å². The molecule has 3 N–H and O–H groups in total. The lowest BCUT2D eigenvalue weighted by atomic mass is 10.2. The number of aromatic hydroxyl groups is 1. The van der Waals surface area contributed by atoms with E-state index >= 15 is 0 Å². The third-order valence-electron chi connectivity index (χ3n) is 2.26. The van der Waals surface area contributed by atoms with Crippen molar-refractivity contribution in [1.82, 2.24) is 10.7 Å². The normalized spacial score (nSPS) is 14.5. The molecule has 2 rings (SSSR count). The van der Waals surface area contributed by atoms with Crippen LogP contribution in [0.4, 0.5) is 0 Å². The topological polar surface area (TPSA) is 78.2 Å². The lowest BCUT2D eigenvalue weighted by Gasteiger charge is -2.03. The molecule has 0 bridgehead atoms. The minimum atomic E-state index is 0.111. The first-order valence-corrected chi connectivity index (χ1v) is 5.24. The Morgan fingerprint density at radius 3 is 3.18 bits per heavy atom. The average Bonchev–Trinajstić information content (AvgIpc) is 2.84. The molecule has 6 nitrogen and oxygen atoms in total. The monoisotopic (exact) mass is 234 g/mol. The number of hydrogen-bond acceptors (Lipinski definition) is 6. The number of ether oxygens (including phenoxy) is 1. The highest BCUT2D eigenvalue weighted by Gasteiger charge is 2.02. The molecule has 0 unspecified atom stereocenters. The summed E-state index contributed by atoms with van der Waals surface area (Å²) in [6.45, 7) is 1.61. The van der Waals surface area contributed by atoms with Crippen LogP contribution in [0.15, 0.2) is 28.3 Å². The van der Waals surface area contributed by atoms with Crippen LogP contribution in [0.5, 0.6) is 11.5 Å². The summed E-state index contributed by atoms with van der Waals surface area (Å²) in [6.07, 6.45) is 1.63. The fraction of sp³-hybridized carbons (Fsp3) is 0.273. The van der Waals surface area contributed by atoms with Crippen molar-refractivity contribution in [2.45, 2.75) is 0 Å². The third kappa shape index (κ3) is 2.87. The lowest BCUT2D eigenvalue weighted by Crippen LogP contribution is -2.30. The third-order valence-corrected chi connectivity index (χ3v) is 2.26. The molecule has 0 spiro atoms. The molecule has 1 heterocycles. The predicted molar refractivity (Wildman–Crippen MR) is 65.7 cm³/mol. The van der Waals surface area contributed by atoms with E-state index in [0.29, 0.717) is 11.7 Å². The summed E-state index contributed by atoms with van der Waals surface area (Å²) in [5.41, 5.74) is 3.61. The van der Waals surface area contributed by atoms with Gasteiger partial charge in [0.25, 0.3) is 0 Å². The molecule has 1 aliphatic rings. The fourth-order valence-electron chi connectivity index (χ4n) is 1.42. The van der Waals surface area contributed by atoms with Crippen LogP contribution in [0.25, 0.3) is 0 Å². The van der Waals surface area contributed by atoms with Crippen molar-refractivity contribution >= 4 is 12.2 Å². The van der Waals surface area contributed by atoms with E-state index in [1.807, 2.05) is 0 Å². The van der Waals surface area contributed by atoms with E-state index in [1.54, 1.807) is 24.4 Å². The highest BCUT2D eigenvalue weighted by Crippen LogP contribution is 2.25. The molecule has 0 aromatic heterocycles. The van der Waals surface area contributed by atoms with Crippen LogP contribution in [0.2, 0.25) is 0 Å². The summed E-state index contributed by atoms with van der Waals surface area (Å²) >= 11 is 0. The number of hydrazone groups is 1. The molecule has 0 saturated carbocycles. The smallest absolute Gasteiger partial charge is 0.212 e. The molecule has 0 saturated heterocycles. The number of methoxy groups -OCH3 is 1. The number of nitrogens with one attached hydrogen (secondary N) is 2. The van der Waals surface area contributed by atoms with E-state index in [4.69, 9.17) is 4.74 Å². The van der Waals surface area contributed by atoms with Gasteiger partial charge in [0.2, 0.25) is 5.96 Å². The zero-order chi connectivity index (χ0) is 12.1. The Kier molecular flexibility index (Phi) is 3.44. The number of hydrogen-bond donors (Lipinski definition) is 3. The Balaban J connectivity index is 2.00.